The van der Waals surface area contributed by atoms with E-state index in [0.29, 0.717) is 32.3 Å². The number of morpholine rings is 1. The number of rotatable bonds is 6. The molecular weight excluding hydrogens is 322 g/mol. The molecule has 8 nitrogen and oxygen atoms in total. The second-order valence-corrected chi connectivity index (χ2v) is 6.56. The van der Waals surface area contributed by atoms with Crippen LogP contribution in [0.3, 0.4) is 0 Å². The standard InChI is InChI=1S/C17H23N5O3/c1-14-3-4-20-22(14)5-2-7-24-16-9-15(18-13-19-16)21-6-8-25-17(10-21)11-23-12-17/h3-4,9,13H,2,5-8,10-12H2,1H3. The van der Waals surface area contributed by atoms with Gasteiger partial charge in [0.15, 0.2) is 0 Å². The molecule has 0 bridgehead atoms. The van der Waals surface area contributed by atoms with Gasteiger partial charge in [-0.25, -0.2) is 9.97 Å². The molecule has 2 aliphatic rings. The van der Waals surface area contributed by atoms with Crippen molar-refractivity contribution in [2.75, 3.05) is 44.4 Å². The third-order valence-corrected chi connectivity index (χ3v) is 4.62. The van der Waals surface area contributed by atoms with Crippen LogP contribution < -0.4 is 9.64 Å². The molecule has 4 rings (SSSR count). The molecule has 0 N–H and O–H groups in total. The number of aryl methyl sites for hydroxylation is 2. The summed E-state index contributed by atoms with van der Waals surface area (Å²) in [4.78, 5) is 10.8. The second kappa shape index (κ2) is 6.97. The van der Waals surface area contributed by atoms with Crippen LogP contribution in [0.15, 0.2) is 24.7 Å². The first-order valence-electron chi connectivity index (χ1n) is 8.64. The van der Waals surface area contributed by atoms with Crippen molar-refractivity contribution in [1.82, 2.24) is 19.7 Å². The molecule has 0 radical (unpaired) electrons. The van der Waals surface area contributed by atoms with Crippen LogP contribution in [0.5, 0.6) is 5.88 Å². The molecule has 1 spiro atoms. The van der Waals surface area contributed by atoms with E-state index in [2.05, 4.69) is 20.0 Å². The second-order valence-electron chi connectivity index (χ2n) is 6.56. The van der Waals surface area contributed by atoms with Crippen molar-refractivity contribution in [2.24, 2.45) is 0 Å². The number of ether oxygens (including phenoxy) is 3. The number of hydrogen-bond donors (Lipinski definition) is 0. The highest BCUT2D eigenvalue weighted by molar-refractivity contribution is 5.42. The Balaban J connectivity index is 1.31. The van der Waals surface area contributed by atoms with Gasteiger partial charge in [-0.15, -0.1) is 0 Å². The van der Waals surface area contributed by atoms with E-state index in [4.69, 9.17) is 14.2 Å². The molecule has 0 aliphatic carbocycles. The van der Waals surface area contributed by atoms with Crippen LogP contribution in [0.2, 0.25) is 0 Å². The molecule has 134 valence electrons. The molecule has 0 saturated carbocycles. The summed E-state index contributed by atoms with van der Waals surface area (Å²) in [7, 11) is 0. The van der Waals surface area contributed by atoms with E-state index in [-0.39, 0.29) is 5.60 Å². The molecule has 2 aromatic heterocycles. The van der Waals surface area contributed by atoms with Gasteiger partial charge in [-0.3, -0.25) is 4.68 Å². The van der Waals surface area contributed by atoms with Crippen LogP contribution in [0.1, 0.15) is 12.1 Å². The lowest BCUT2D eigenvalue weighted by Gasteiger charge is -2.47. The Bertz CT molecular complexity index is 716. The predicted octanol–water partition coefficient (Wildman–Crippen LogP) is 1.06. The zero-order chi connectivity index (χ0) is 17.1. The van der Waals surface area contributed by atoms with Gasteiger partial charge in [0, 0.05) is 37.5 Å². The summed E-state index contributed by atoms with van der Waals surface area (Å²) < 4.78 is 18.9. The molecule has 0 amide bonds. The van der Waals surface area contributed by atoms with E-state index in [9.17, 15) is 0 Å². The predicted molar refractivity (Wildman–Crippen MR) is 90.8 cm³/mol. The van der Waals surface area contributed by atoms with Crippen molar-refractivity contribution in [3.63, 3.8) is 0 Å². The Morgan fingerprint density at radius 1 is 1.32 bits per heavy atom. The zero-order valence-electron chi connectivity index (χ0n) is 14.4. The molecular formula is C17H23N5O3. The Hall–Kier alpha value is -2.19. The van der Waals surface area contributed by atoms with E-state index >= 15 is 0 Å². The number of nitrogens with zero attached hydrogens (tertiary/aromatic N) is 5. The van der Waals surface area contributed by atoms with Crippen molar-refractivity contribution >= 4 is 5.82 Å². The highest BCUT2D eigenvalue weighted by Crippen LogP contribution is 2.29. The fourth-order valence-electron chi connectivity index (χ4n) is 3.15. The van der Waals surface area contributed by atoms with E-state index in [1.807, 2.05) is 29.9 Å². The van der Waals surface area contributed by atoms with Gasteiger partial charge >= 0.3 is 0 Å². The third-order valence-electron chi connectivity index (χ3n) is 4.62. The van der Waals surface area contributed by atoms with Gasteiger partial charge in [0.05, 0.1) is 33.0 Å². The summed E-state index contributed by atoms with van der Waals surface area (Å²) in [6.45, 7) is 7.09. The molecule has 2 aliphatic heterocycles. The average Bonchev–Trinajstić information content (AvgIpc) is 3.03. The van der Waals surface area contributed by atoms with E-state index in [1.165, 1.54) is 0 Å². The van der Waals surface area contributed by atoms with Gasteiger partial charge in [-0.2, -0.15) is 5.10 Å². The van der Waals surface area contributed by atoms with E-state index < -0.39 is 0 Å². The summed E-state index contributed by atoms with van der Waals surface area (Å²) >= 11 is 0. The first kappa shape index (κ1) is 16.3. The Morgan fingerprint density at radius 2 is 2.24 bits per heavy atom. The molecule has 25 heavy (non-hydrogen) atoms. The maximum absolute atomic E-state index is 5.86. The van der Waals surface area contributed by atoms with Crippen LogP contribution in [-0.2, 0) is 16.0 Å². The first-order chi connectivity index (χ1) is 12.2. The molecule has 4 heterocycles. The van der Waals surface area contributed by atoms with Crippen molar-refractivity contribution in [2.45, 2.75) is 25.5 Å². The highest BCUT2D eigenvalue weighted by Gasteiger charge is 2.44. The van der Waals surface area contributed by atoms with E-state index in [1.54, 1.807) is 6.33 Å². The summed E-state index contributed by atoms with van der Waals surface area (Å²) in [5.41, 5.74) is 0.997. The quantitative estimate of drug-likeness (QED) is 0.725. The minimum absolute atomic E-state index is 0.161. The number of anilines is 1. The van der Waals surface area contributed by atoms with Crippen LogP contribution in [0.4, 0.5) is 5.82 Å². The van der Waals surface area contributed by atoms with Gasteiger partial charge < -0.3 is 19.1 Å². The molecule has 0 atom stereocenters. The van der Waals surface area contributed by atoms with Crippen molar-refractivity contribution < 1.29 is 14.2 Å². The average molecular weight is 345 g/mol. The lowest BCUT2D eigenvalue weighted by Crippen LogP contribution is -2.63. The minimum atomic E-state index is -0.161. The molecule has 0 unspecified atom stereocenters. The lowest BCUT2D eigenvalue weighted by molar-refractivity contribution is -0.211. The Labute approximate surface area is 146 Å². The monoisotopic (exact) mass is 345 g/mol. The van der Waals surface area contributed by atoms with Crippen molar-refractivity contribution in [3.05, 3.63) is 30.4 Å². The van der Waals surface area contributed by atoms with Crippen molar-refractivity contribution in [3.8, 4) is 5.88 Å². The smallest absolute Gasteiger partial charge is 0.218 e. The van der Waals surface area contributed by atoms with Gasteiger partial charge in [0.1, 0.15) is 17.7 Å². The molecule has 2 aromatic rings. The van der Waals surface area contributed by atoms with Crippen molar-refractivity contribution in [1.29, 1.82) is 0 Å². The van der Waals surface area contributed by atoms with Gasteiger partial charge in [0.25, 0.3) is 0 Å². The molecule has 2 fully saturated rings. The van der Waals surface area contributed by atoms with Gasteiger partial charge in [-0.1, -0.05) is 0 Å². The highest BCUT2D eigenvalue weighted by atomic mass is 16.6. The van der Waals surface area contributed by atoms with Gasteiger partial charge in [-0.05, 0) is 13.0 Å². The fourth-order valence-corrected chi connectivity index (χ4v) is 3.15. The largest absolute Gasteiger partial charge is 0.477 e. The van der Waals surface area contributed by atoms with Gasteiger partial charge in [0.2, 0.25) is 5.88 Å². The maximum Gasteiger partial charge on any atom is 0.218 e. The lowest BCUT2D eigenvalue weighted by atomic mass is 10.00. The SMILES string of the molecule is Cc1ccnn1CCCOc1cc(N2CCOC3(COC3)C2)ncn1. The molecule has 8 heteroatoms. The topological polar surface area (TPSA) is 74.5 Å². The summed E-state index contributed by atoms with van der Waals surface area (Å²) in [5.74, 6) is 1.48. The summed E-state index contributed by atoms with van der Waals surface area (Å²) in [6.07, 6.45) is 4.25. The summed E-state index contributed by atoms with van der Waals surface area (Å²) in [5, 5.41) is 4.27. The van der Waals surface area contributed by atoms with Crippen LogP contribution in [-0.4, -0.2) is 64.9 Å². The maximum atomic E-state index is 5.86. The number of aromatic nitrogens is 4. The van der Waals surface area contributed by atoms with E-state index in [0.717, 1.165) is 37.6 Å². The zero-order valence-corrected chi connectivity index (χ0v) is 14.4. The van der Waals surface area contributed by atoms with Crippen LogP contribution in [0, 0.1) is 6.92 Å². The third kappa shape index (κ3) is 3.59. The number of hydrogen-bond acceptors (Lipinski definition) is 7. The molecule has 0 aromatic carbocycles. The summed E-state index contributed by atoms with van der Waals surface area (Å²) in [6, 6.07) is 3.90. The minimum Gasteiger partial charge on any atom is -0.477 e. The van der Waals surface area contributed by atoms with Crippen LogP contribution >= 0.6 is 0 Å². The fraction of sp³-hybridized carbons (Fsp3) is 0.588. The Kier molecular flexibility index (Phi) is 4.54. The Morgan fingerprint density at radius 3 is 3.00 bits per heavy atom. The molecule has 2 saturated heterocycles. The normalized spacial score (nSPS) is 19.0. The first-order valence-corrected chi connectivity index (χ1v) is 8.64. The van der Waals surface area contributed by atoms with Crippen LogP contribution in [0.25, 0.3) is 0 Å².